The first-order chi connectivity index (χ1) is 8.29. The summed E-state index contributed by atoms with van der Waals surface area (Å²) in [6.45, 7) is 2.09. The van der Waals surface area contributed by atoms with E-state index in [0.29, 0.717) is 12.3 Å². The molecule has 2 aromatic rings. The second-order valence-corrected chi connectivity index (χ2v) is 3.22. The van der Waals surface area contributed by atoms with Crippen molar-refractivity contribution in [2.75, 3.05) is 11.9 Å². The zero-order chi connectivity index (χ0) is 12.1. The summed E-state index contributed by atoms with van der Waals surface area (Å²) >= 11 is 0. The van der Waals surface area contributed by atoms with E-state index in [-0.39, 0.29) is 0 Å². The van der Waals surface area contributed by atoms with Crippen molar-refractivity contribution in [1.82, 2.24) is 14.5 Å². The Labute approximate surface area is 98.3 Å². The van der Waals surface area contributed by atoms with Gasteiger partial charge in [0.15, 0.2) is 0 Å². The summed E-state index contributed by atoms with van der Waals surface area (Å²) in [6, 6.07) is 3.53. The maximum Gasteiger partial charge on any atom is 0.411 e. The van der Waals surface area contributed by atoms with Crippen molar-refractivity contribution in [1.29, 1.82) is 0 Å². The predicted octanol–water partition coefficient (Wildman–Crippen LogP) is 1.84. The van der Waals surface area contributed by atoms with Crippen LogP contribution in [0.3, 0.4) is 0 Å². The molecule has 0 radical (unpaired) electrons. The second-order valence-electron chi connectivity index (χ2n) is 3.22. The Kier molecular flexibility index (Phi) is 3.34. The topological polar surface area (TPSA) is 69.0 Å². The quantitative estimate of drug-likeness (QED) is 0.876. The monoisotopic (exact) mass is 232 g/mol. The molecule has 2 rings (SSSR count). The molecule has 2 aromatic heterocycles. The number of imidazole rings is 1. The van der Waals surface area contributed by atoms with Gasteiger partial charge in [-0.15, -0.1) is 0 Å². The molecule has 0 aliphatic rings. The lowest BCUT2D eigenvalue weighted by Crippen LogP contribution is -2.13. The number of anilines is 1. The number of carbonyl (C=O) groups is 1. The second kappa shape index (κ2) is 5.11. The Hall–Kier alpha value is -2.37. The van der Waals surface area contributed by atoms with Gasteiger partial charge in [0.2, 0.25) is 0 Å². The van der Waals surface area contributed by atoms with E-state index in [2.05, 4.69) is 15.3 Å². The number of aromatic nitrogens is 3. The number of nitrogens with one attached hydrogen (secondary N) is 1. The van der Waals surface area contributed by atoms with Crippen LogP contribution in [0.5, 0.6) is 0 Å². The first-order valence-electron chi connectivity index (χ1n) is 5.17. The maximum absolute atomic E-state index is 11.1. The summed E-state index contributed by atoms with van der Waals surface area (Å²) in [7, 11) is 0. The minimum Gasteiger partial charge on any atom is -0.450 e. The molecule has 2 heterocycles. The fourth-order valence-corrected chi connectivity index (χ4v) is 1.29. The van der Waals surface area contributed by atoms with Crippen molar-refractivity contribution in [2.45, 2.75) is 6.92 Å². The number of ether oxygens (including phenoxy) is 1. The smallest absolute Gasteiger partial charge is 0.411 e. The summed E-state index contributed by atoms with van der Waals surface area (Å²) in [6.07, 6.45) is 6.20. The zero-order valence-electron chi connectivity index (χ0n) is 9.33. The molecule has 0 bridgehead atoms. The molecule has 0 aliphatic heterocycles. The fourth-order valence-electron chi connectivity index (χ4n) is 1.29. The molecule has 6 nitrogen and oxygen atoms in total. The maximum atomic E-state index is 11.1. The van der Waals surface area contributed by atoms with E-state index < -0.39 is 6.09 Å². The molecule has 1 amide bonds. The van der Waals surface area contributed by atoms with E-state index in [9.17, 15) is 4.79 Å². The van der Waals surface area contributed by atoms with Crippen LogP contribution in [0.15, 0.2) is 37.1 Å². The van der Waals surface area contributed by atoms with Crippen LogP contribution in [-0.2, 0) is 4.74 Å². The summed E-state index contributed by atoms with van der Waals surface area (Å²) in [5.74, 6) is 0.733. The molecule has 0 spiro atoms. The molecule has 17 heavy (non-hydrogen) atoms. The summed E-state index contributed by atoms with van der Waals surface area (Å²) in [5, 5.41) is 2.57. The van der Waals surface area contributed by atoms with Gasteiger partial charge in [0.05, 0.1) is 18.5 Å². The van der Waals surface area contributed by atoms with Gasteiger partial charge in [0, 0.05) is 12.4 Å². The Morgan fingerprint density at radius 2 is 2.41 bits per heavy atom. The highest BCUT2D eigenvalue weighted by Gasteiger charge is 2.02. The normalized spacial score (nSPS) is 9.94. The number of pyridine rings is 1. The SMILES string of the molecule is CCOC(=O)Nc1ccc(-n2ccnc2)nc1. The highest BCUT2D eigenvalue weighted by atomic mass is 16.5. The number of amides is 1. The van der Waals surface area contributed by atoms with E-state index in [1.54, 1.807) is 48.5 Å². The van der Waals surface area contributed by atoms with E-state index in [4.69, 9.17) is 4.74 Å². The van der Waals surface area contributed by atoms with Crippen molar-refractivity contribution in [2.24, 2.45) is 0 Å². The third kappa shape index (κ3) is 2.81. The van der Waals surface area contributed by atoms with Gasteiger partial charge in [0.1, 0.15) is 12.1 Å². The van der Waals surface area contributed by atoms with Crippen LogP contribution in [0.25, 0.3) is 5.82 Å². The zero-order valence-corrected chi connectivity index (χ0v) is 9.33. The molecular formula is C11H12N4O2. The number of hydrogen-bond donors (Lipinski definition) is 1. The van der Waals surface area contributed by atoms with Gasteiger partial charge in [-0.25, -0.2) is 14.8 Å². The van der Waals surface area contributed by atoms with Crippen LogP contribution in [0, 0.1) is 0 Å². The Bertz CT molecular complexity index is 479. The number of nitrogens with zero attached hydrogens (tertiary/aromatic N) is 3. The number of hydrogen-bond acceptors (Lipinski definition) is 4. The first kappa shape index (κ1) is 11.1. The first-order valence-corrected chi connectivity index (χ1v) is 5.17. The molecule has 1 N–H and O–H groups in total. The van der Waals surface area contributed by atoms with Crippen LogP contribution >= 0.6 is 0 Å². The van der Waals surface area contributed by atoms with E-state index in [1.165, 1.54) is 0 Å². The van der Waals surface area contributed by atoms with Gasteiger partial charge in [-0.3, -0.25) is 9.88 Å². The Morgan fingerprint density at radius 3 is 3.00 bits per heavy atom. The lowest BCUT2D eigenvalue weighted by Gasteiger charge is -2.05. The van der Waals surface area contributed by atoms with Crippen molar-refractivity contribution in [3.8, 4) is 5.82 Å². The largest absolute Gasteiger partial charge is 0.450 e. The van der Waals surface area contributed by atoms with Crippen molar-refractivity contribution in [3.63, 3.8) is 0 Å². The molecule has 0 unspecified atom stereocenters. The van der Waals surface area contributed by atoms with Gasteiger partial charge in [0.25, 0.3) is 0 Å². The lowest BCUT2D eigenvalue weighted by atomic mass is 10.4. The fraction of sp³-hybridized carbons (Fsp3) is 0.182. The molecule has 88 valence electrons. The third-order valence-electron chi connectivity index (χ3n) is 2.04. The molecule has 0 saturated carbocycles. The molecule has 0 fully saturated rings. The average Bonchev–Trinajstić information content (AvgIpc) is 2.84. The van der Waals surface area contributed by atoms with Crippen LogP contribution in [0.4, 0.5) is 10.5 Å². The van der Waals surface area contributed by atoms with Crippen LogP contribution in [0.2, 0.25) is 0 Å². The van der Waals surface area contributed by atoms with Crippen LogP contribution in [0.1, 0.15) is 6.92 Å². The van der Waals surface area contributed by atoms with Crippen LogP contribution in [-0.4, -0.2) is 27.2 Å². The minimum atomic E-state index is -0.482. The molecule has 0 saturated heterocycles. The molecule has 0 aliphatic carbocycles. The van der Waals surface area contributed by atoms with Crippen LogP contribution < -0.4 is 5.32 Å². The molecule has 0 aromatic carbocycles. The average molecular weight is 232 g/mol. The summed E-state index contributed by atoms with van der Waals surface area (Å²) < 4.78 is 6.53. The Balaban J connectivity index is 2.06. The van der Waals surface area contributed by atoms with E-state index in [0.717, 1.165) is 5.82 Å². The van der Waals surface area contributed by atoms with Gasteiger partial charge in [-0.05, 0) is 19.1 Å². The highest BCUT2D eigenvalue weighted by Crippen LogP contribution is 2.09. The van der Waals surface area contributed by atoms with Gasteiger partial charge in [-0.1, -0.05) is 0 Å². The highest BCUT2D eigenvalue weighted by molar-refractivity contribution is 5.84. The van der Waals surface area contributed by atoms with Gasteiger partial charge in [-0.2, -0.15) is 0 Å². The molecular weight excluding hydrogens is 220 g/mol. The molecule has 0 atom stereocenters. The van der Waals surface area contributed by atoms with Crippen molar-refractivity contribution >= 4 is 11.8 Å². The number of carbonyl (C=O) groups excluding carboxylic acids is 1. The number of rotatable bonds is 3. The standard InChI is InChI=1S/C11H12N4O2/c1-2-17-11(16)14-9-3-4-10(13-7-9)15-6-5-12-8-15/h3-8H,2H2,1H3,(H,14,16). The van der Waals surface area contributed by atoms with E-state index in [1.807, 2.05) is 0 Å². The molecule has 6 heteroatoms. The predicted molar refractivity (Wildman–Crippen MR) is 62.0 cm³/mol. The van der Waals surface area contributed by atoms with Gasteiger partial charge < -0.3 is 4.74 Å². The third-order valence-corrected chi connectivity index (χ3v) is 2.04. The summed E-state index contributed by atoms with van der Waals surface area (Å²) in [4.78, 5) is 19.3. The van der Waals surface area contributed by atoms with Gasteiger partial charge >= 0.3 is 6.09 Å². The minimum absolute atomic E-state index is 0.340. The van der Waals surface area contributed by atoms with E-state index >= 15 is 0 Å². The van der Waals surface area contributed by atoms with Crippen molar-refractivity contribution < 1.29 is 9.53 Å². The lowest BCUT2D eigenvalue weighted by molar-refractivity contribution is 0.168. The van der Waals surface area contributed by atoms with Crippen molar-refractivity contribution in [3.05, 3.63) is 37.1 Å². The summed E-state index contributed by atoms with van der Waals surface area (Å²) in [5.41, 5.74) is 0.590. The Morgan fingerprint density at radius 1 is 1.53 bits per heavy atom.